The van der Waals surface area contributed by atoms with Gasteiger partial charge in [0.2, 0.25) is 0 Å². The van der Waals surface area contributed by atoms with Crippen molar-refractivity contribution in [2.24, 2.45) is 11.5 Å². The summed E-state index contributed by atoms with van der Waals surface area (Å²) in [6.07, 6.45) is 0. The van der Waals surface area contributed by atoms with Crippen LogP contribution >= 0.6 is 12.6 Å². The Bertz CT molecular complexity index is 209. The molecular weight excluding hydrogens is 160 g/mol. The van der Waals surface area contributed by atoms with Gasteiger partial charge in [-0.15, -0.1) is 12.6 Å². The highest BCUT2D eigenvalue weighted by Gasteiger charge is 1.73. The molecule has 0 atom stereocenters. The van der Waals surface area contributed by atoms with Crippen molar-refractivity contribution in [1.82, 2.24) is 0 Å². The number of amides is 2. The van der Waals surface area contributed by atoms with Gasteiger partial charge in [0.15, 0.2) is 0 Å². The van der Waals surface area contributed by atoms with Crippen LogP contribution in [0.15, 0.2) is 35.2 Å². The van der Waals surface area contributed by atoms with Crippen LogP contribution in [0.25, 0.3) is 0 Å². The lowest BCUT2D eigenvalue weighted by Gasteiger charge is -1.81. The lowest BCUT2D eigenvalue weighted by atomic mass is 10.4. The van der Waals surface area contributed by atoms with Gasteiger partial charge >= 0.3 is 6.03 Å². The first-order chi connectivity index (χ1) is 5.13. The van der Waals surface area contributed by atoms with E-state index in [1.807, 2.05) is 30.3 Å². The molecule has 3 nitrogen and oxygen atoms in total. The third-order valence-electron chi connectivity index (χ3n) is 0.756. The standard InChI is InChI=1S/C6H6S.CH4N2O/c7-6-4-2-1-3-5-6;2-1(3)4/h1-5,7H;(H4,2,3,4). The fraction of sp³-hybridized carbons (Fsp3) is 0. The van der Waals surface area contributed by atoms with Crippen molar-refractivity contribution in [1.29, 1.82) is 0 Å². The summed E-state index contributed by atoms with van der Waals surface area (Å²) in [5.41, 5.74) is 8.50. The van der Waals surface area contributed by atoms with Gasteiger partial charge in [-0.25, -0.2) is 4.79 Å². The normalized spacial score (nSPS) is 7.73. The Kier molecular flexibility index (Phi) is 5.02. The first-order valence-corrected chi connectivity index (χ1v) is 3.36. The monoisotopic (exact) mass is 170 g/mol. The van der Waals surface area contributed by atoms with Crippen molar-refractivity contribution >= 4 is 18.7 Å². The highest BCUT2D eigenvalue weighted by atomic mass is 32.1. The molecule has 0 saturated heterocycles. The van der Waals surface area contributed by atoms with E-state index in [1.165, 1.54) is 0 Å². The molecule has 0 radical (unpaired) electrons. The summed E-state index contributed by atoms with van der Waals surface area (Å²) in [6.45, 7) is 0. The molecule has 1 aromatic carbocycles. The first-order valence-electron chi connectivity index (χ1n) is 2.92. The predicted molar refractivity (Wildman–Crippen MR) is 47.5 cm³/mol. The molecule has 2 amide bonds. The Morgan fingerprint density at radius 3 is 1.73 bits per heavy atom. The molecule has 0 aliphatic heterocycles. The van der Waals surface area contributed by atoms with Crippen LogP contribution < -0.4 is 11.5 Å². The maximum Gasteiger partial charge on any atom is 0.309 e. The largest absolute Gasteiger partial charge is 0.352 e. The molecule has 11 heavy (non-hydrogen) atoms. The van der Waals surface area contributed by atoms with Crippen LogP contribution in [0.3, 0.4) is 0 Å². The summed E-state index contributed by atoms with van der Waals surface area (Å²) in [6, 6.07) is 8.95. The number of primary amides is 2. The zero-order chi connectivity index (χ0) is 8.69. The predicted octanol–water partition coefficient (Wildman–Crippen LogP) is 0.999. The fourth-order valence-corrected chi connectivity index (χ4v) is 0.600. The maximum absolute atomic E-state index is 9.00. The van der Waals surface area contributed by atoms with E-state index in [4.69, 9.17) is 4.79 Å². The SMILES string of the molecule is NC(N)=O.Sc1ccccc1. The molecule has 1 rings (SSSR count). The van der Waals surface area contributed by atoms with Crippen LogP contribution in [0.4, 0.5) is 4.79 Å². The van der Waals surface area contributed by atoms with Crippen molar-refractivity contribution in [3.8, 4) is 0 Å². The maximum atomic E-state index is 9.00. The summed E-state index contributed by atoms with van der Waals surface area (Å²) >= 11 is 4.08. The van der Waals surface area contributed by atoms with E-state index in [1.54, 1.807) is 0 Å². The molecule has 0 heterocycles. The van der Waals surface area contributed by atoms with Crippen molar-refractivity contribution < 1.29 is 4.79 Å². The minimum Gasteiger partial charge on any atom is -0.352 e. The molecule has 0 saturated carbocycles. The van der Waals surface area contributed by atoms with Gasteiger partial charge in [0.05, 0.1) is 0 Å². The zero-order valence-corrected chi connectivity index (χ0v) is 6.79. The Balaban J connectivity index is 0.000000218. The van der Waals surface area contributed by atoms with Crippen molar-refractivity contribution in [3.05, 3.63) is 30.3 Å². The molecule has 4 heteroatoms. The summed E-state index contributed by atoms with van der Waals surface area (Å²) in [5.74, 6) is 0. The van der Waals surface area contributed by atoms with Crippen LogP contribution in [0, 0.1) is 0 Å². The second-order valence-corrected chi connectivity index (χ2v) is 2.25. The summed E-state index contributed by atoms with van der Waals surface area (Å²) < 4.78 is 0. The van der Waals surface area contributed by atoms with E-state index < -0.39 is 6.03 Å². The fourth-order valence-electron chi connectivity index (χ4n) is 0.428. The second-order valence-electron chi connectivity index (χ2n) is 1.74. The number of rotatable bonds is 0. The number of benzene rings is 1. The Morgan fingerprint density at radius 1 is 1.18 bits per heavy atom. The van der Waals surface area contributed by atoms with Gasteiger partial charge in [-0.3, -0.25) is 0 Å². The number of carbonyl (C=O) groups is 1. The van der Waals surface area contributed by atoms with Crippen LogP contribution in [0.2, 0.25) is 0 Å². The van der Waals surface area contributed by atoms with Gasteiger partial charge < -0.3 is 11.5 Å². The number of hydrogen-bond acceptors (Lipinski definition) is 2. The van der Waals surface area contributed by atoms with Gasteiger partial charge in [-0.05, 0) is 12.1 Å². The molecule has 0 aliphatic rings. The van der Waals surface area contributed by atoms with Crippen molar-refractivity contribution in [2.45, 2.75) is 4.90 Å². The number of urea groups is 1. The van der Waals surface area contributed by atoms with Crippen LogP contribution in [0.5, 0.6) is 0 Å². The van der Waals surface area contributed by atoms with Crippen molar-refractivity contribution in [3.63, 3.8) is 0 Å². The molecule has 0 aromatic heterocycles. The van der Waals surface area contributed by atoms with Gasteiger partial charge in [-0.1, -0.05) is 18.2 Å². The summed E-state index contributed by atoms with van der Waals surface area (Å²) in [5, 5.41) is 0. The third-order valence-corrected chi connectivity index (χ3v) is 1.05. The third kappa shape index (κ3) is 8.84. The Labute approximate surface area is 70.8 Å². The molecular formula is C7H10N2OS. The zero-order valence-electron chi connectivity index (χ0n) is 5.90. The average molecular weight is 170 g/mol. The molecule has 0 unspecified atom stereocenters. The van der Waals surface area contributed by atoms with Gasteiger partial charge in [-0.2, -0.15) is 0 Å². The minimum atomic E-state index is -0.833. The quantitative estimate of drug-likeness (QED) is 0.499. The molecule has 60 valence electrons. The average Bonchev–Trinajstić information content (AvgIpc) is 1.87. The van der Waals surface area contributed by atoms with Gasteiger partial charge in [0.1, 0.15) is 0 Å². The van der Waals surface area contributed by atoms with E-state index in [-0.39, 0.29) is 0 Å². The molecule has 1 aromatic rings. The highest BCUT2D eigenvalue weighted by molar-refractivity contribution is 7.80. The van der Waals surface area contributed by atoms with Gasteiger partial charge in [0.25, 0.3) is 0 Å². The smallest absolute Gasteiger partial charge is 0.309 e. The molecule has 0 bridgehead atoms. The van der Waals surface area contributed by atoms with E-state index in [0.29, 0.717) is 0 Å². The Hall–Kier alpha value is -1.16. The van der Waals surface area contributed by atoms with Crippen LogP contribution in [0.1, 0.15) is 0 Å². The number of hydrogen-bond donors (Lipinski definition) is 3. The van der Waals surface area contributed by atoms with E-state index in [9.17, 15) is 0 Å². The minimum absolute atomic E-state index is 0.833. The number of thiol groups is 1. The first kappa shape index (κ1) is 9.84. The lowest BCUT2D eigenvalue weighted by Crippen LogP contribution is -2.18. The summed E-state index contributed by atoms with van der Waals surface area (Å²) in [4.78, 5) is 10.0. The second kappa shape index (κ2) is 5.61. The highest BCUT2D eigenvalue weighted by Crippen LogP contribution is 2.00. The Morgan fingerprint density at radius 2 is 1.55 bits per heavy atom. The van der Waals surface area contributed by atoms with E-state index in [2.05, 4.69) is 24.1 Å². The number of carbonyl (C=O) groups excluding carboxylic acids is 1. The lowest BCUT2D eigenvalue weighted by molar-refractivity contribution is 0.256. The van der Waals surface area contributed by atoms with E-state index in [0.717, 1.165) is 4.90 Å². The van der Waals surface area contributed by atoms with Crippen molar-refractivity contribution in [2.75, 3.05) is 0 Å². The topological polar surface area (TPSA) is 69.1 Å². The van der Waals surface area contributed by atoms with Gasteiger partial charge in [0, 0.05) is 4.90 Å². The molecule has 0 spiro atoms. The van der Waals surface area contributed by atoms with Crippen LogP contribution in [-0.2, 0) is 0 Å². The number of nitrogens with two attached hydrogens (primary N) is 2. The molecule has 0 fully saturated rings. The van der Waals surface area contributed by atoms with E-state index >= 15 is 0 Å². The summed E-state index contributed by atoms with van der Waals surface area (Å²) in [7, 11) is 0. The molecule has 4 N–H and O–H groups in total. The van der Waals surface area contributed by atoms with Crippen LogP contribution in [-0.4, -0.2) is 6.03 Å². The molecule has 0 aliphatic carbocycles.